The summed E-state index contributed by atoms with van der Waals surface area (Å²) in [6.07, 6.45) is 5.08. The predicted molar refractivity (Wildman–Crippen MR) is 55.2 cm³/mol. The molecule has 0 amide bonds. The largest absolute Gasteiger partial charge is 0.394 e. The zero-order valence-corrected chi connectivity index (χ0v) is 8.29. The smallest absolute Gasteiger partial charge is 0.204 e. The Balaban J connectivity index is 2.25. The van der Waals surface area contributed by atoms with Crippen LogP contribution in [0.25, 0.3) is 0 Å². The quantitative estimate of drug-likeness (QED) is 0.724. The molecule has 6 heteroatoms. The molecule has 0 unspecified atom stereocenters. The van der Waals surface area contributed by atoms with Gasteiger partial charge in [0.15, 0.2) is 0 Å². The molecule has 0 bridgehead atoms. The summed E-state index contributed by atoms with van der Waals surface area (Å²) in [5.74, 6) is 0. The van der Waals surface area contributed by atoms with Crippen LogP contribution in [0.4, 0.5) is 5.69 Å². The van der Waals surface area contributed by atoms with Crippen LogP contribution < -0.4 is 11.2 Å². The van der Waals surface area contributed by atoms with Gasteiger partial charge in [0.1, 0.15) is 5.69 Å². The molecule has 0 aliphatic carbocycles. The fourth-order valence-corrected chi connectivity index (χ4v) is 1.30. The van der Waals surface area contributed by atoms with Crippen LogP contribution >= 0.6 is 0 Å². The minimum absolute atomic E-state index is 0.162. The number of pyridine rings is 1. The zero-order chi connectivity index (χ0) is 10.8. The van der Waals surface area contributed by atoms with Crippen LogP contribution in [0.5, 0.6) is 0 Å². The minimum atomic E-state index is -0.162. The summed E-state index contributed by atoms with van der Waals surface area (Å²) in [6, 6.07) is 1.44. The maximum absolute atomic E-state index is 11.1. The molecule has 6 nitrogen and oxygen atoms in total. The fourth-order valence-electron chi connectivity index (χ4n) is 1.30. The predicted octanol–water partition coefficient (Wildman–Crippen LogP) is -0.393. The van der Waals surface area contributed by atoms with E-state index in [2.05, 4.69) is 10.3 Å². The molecule has 15 heavy (non-hydrogen) atoms. The van der Waals surface area contributed by atoms with Crippen LogP contribution in [0.2, 0.25) is 0 Å². The third-order valence-electron chi connectivity index (χ3n) is 2.00. The Kier molecular flexibility index (Phi) is 2.24. The number of nitrogens with zero attached hydrogens (tertiary/aromatic N) is 4. The maximum atomic E-state index is 11.1. The summed E-state index contributed by atoms with van der Waals surface area (Å²) in [5.41, 5.74) is 6.40. The van der Waals surface area contributed by atoms with Crippen molar-refractivity contribution < 1.29 is 0 Å². The minimum Gasteiger partial charge on any atom is -0.394 e. The van der Waals surface area contributed by atoms with Crippen LogP contribution in [0.1, 0.15) is 5.69 Å². The number of rotatable bonds is 2. The van der Waals surface area contributed by atoms with Gasteiger partial charge in [-0.3, -0.25) is 9.48 Å². The zero-order valence-electron chi connectivity index (χ0n) is 8.29. The normalized spacial score (nSPS) is 10.5. The molecular formula is C9H11N5O. The van der Waals surface area contributed by atoms with Crippen molar-refractivity contribution in [2.24, 2.45) is 7.05 Å². The summed E-state index contributed by atoms with van der Waals surface area (Å²) in [6.45, 7) is 0.554. The average molecular weight is 205 g/mol. The molecule has 2 N–H and O–H groups in total. The first kappa shape index (κ1) is 9.45. The molecule has 78 valence electrons. The number of aryl methyl sites for hydroxylation is 1. The number of aromatic nitrogens is 4. The molecule has 0 saturated carbocycles. The topological polar surface area (TPSA) is 78.7 Å². The van der Waals surface area contributed by atoms with Crippen molar-refractivity contribution in [2.45, 2.75) is 6.54 Å². The van der Waals surface area contributed by atoms with Crippen molar-refractivity contribution in [3.63, 3.8) is 0 Å². The van der Waals surface area contributed by atoms with Gasteiger partial charge >= 0.3 is 0 Å². The van der Waals surface area contributed by atoms with Gasteiger partial charge in [-0.2, -0.15) is 0 Å². The van der Waals surface area contributed by atoms with E-state index in [9.17, 15) is 4.79 Å². The highest BCUT2D eigenvalue weighted by Crippen LogP contribution is 1.99. The van der Waals surface area contributed by atoms with Crippen molar-refractivity contribution in [1.29, 1.82) is 0 Å². The lowest BCUT2D eigenvalue weighted by molar-refractivity contribution is 0.709. The van der Waals surface area contributed by atoms with Gasteiger partial charge in [0.2, 0.25) is 5.43 Å². The van der Waals surface area contributed by atoms with E-state index < -0.39 is 0 Å². The number of hydrogen-bond acceptors (Lipinski definition) is 4. The van der Waals surface area contributed by atoms with Gasteiger partial charge in [-0.05, 0) is 0 Å². The maximum Gasteiger partial charge on any atom is 0.204 e. The number of anilines is 1. The highest BCUT2D eigenvalue weighted by Gasteiger charge is 2.00. The SMILES string of the molecule is Cn1cc(Cn2ccc(=O)c(N)c2)nn1. The average Bonchev–Trinajstić information content (AvgIpc) is 2.58. The molecule has 0 aliphatic heterocycles. The third kappa shape index (κ3) is 2.04. The lowest BCUT2D eigenvalue weighted by atomic mass is 10.4. The second-order valence-corrected chi connectivity index (χ2v) is 3.32. The molecule has 2 aromatic rings. The van der Waals surface area contributed by atoms with Crippen LogP contribution in [0, 0.1) is 0 Å². The second kappa shape index (κ2) is 3.56. The van der Waals surface area contributed by atoms with Crippen molar-refractivity contribution in [3.8, 4) is 0 Å². The van der Waals surface area contributed by atoms with Crippen molar-refractivity contribution in [1.82, 2.24) is 19.6 Å². The van der Waals surface area contributed by atoms with Gasteiger partial charge in [0.25, 0.3) is 0 Å². The number of nitrogens with two attached hydrogens (primary N) is 1. The van der Waals surface area contributed by atoms with E-state index in [1.807, 2.05) is 6.20 Å². The summed E-state index contributed by atoms with van der Waals surface area (Å²) in [5, 5.41) is 7.75. The van der Waals surface area contributed by atoms with E-state index in [1.54, 1.807) is 28.7 Å². The van der Waals surface area contributed by atoms with Crippen molar-refractivity contribution >= 4 is 5.69 Å². The Morgan fingerprint density at radius 2 is 2.27 bits per heavy atom. The number of hydrogen-bond donors (Lipinski definition) is 1. The summed E-state index contributed by atoms with van der Waals surface area (Å²) in [7, 11) is 1.80. The van der Waals surface area contributed by atoms with Gasteiger partial charge in [0.05, 0.1) is 12.2 Å². The molecule has 0 saturated heterocycles. The standard InChI is InChI=1S/C9H11N5O/c1-13-4-7(11-12-13)5-14-3-2-9(15)8(10)6-14/h2-4,6H,5,10H2,1H3. The molecule has 0 fully saturated rings. The molecule has 0 aliphatic rings. The molecule has 0 radical (unpaired) electrons. The van der Waals surface area contributed by atoms with E-state index in [-0.39, 0.29) is 11.1 Å². The van der Waals surface area contributed by atoms with Gasteiger partial charge in [-0.25, -0.2) is 0 Å². The Bertz CT molecular complexity index is 527. The third-order valence-corrected chi connectivity index (χ3v) is 2.00. The molecule has 2 aromatic heterocycles. The molecule has 0 spiro atoms. The lowest BCUT2D eigenvalue weighted by Gasteiger charge is -2.03. The highest BCUT2D eigenvalue weighted by molar-refractivity contribution is 5.33. The van der Waals surface area contributed by atoms with Crippen molar-refractivity contribution in [3.05, 3.63) is 40.6 Å². The van der Waals surface area contributed by atoms with Crippen LogP contribution in [-0.2, 0) is 13.6 Å². The summed E-state index contributed by atoms with van der Waals surface area (Å²) >= 11 is 0. The lowest BCUT2D eigenvalue weighted by Crippen LogP contribution is -2.11. The van der Waals surface area contributed by atoms with Crippen LogP contribution in [0.15, 0.2) is 29.5 Å². The van der Waals surface area contributed by atoms with Gasteiger partial charge in [0, 0.05) is 31.7 Å². The molecule has 0 atom stereocenters. The van der Waals surface area contributed by atoms with Crippen LogP contribution in [0.3, 0.4) is 0 Å². The molecular weight excluding hydrogens is 194 g/mol. The first-order chi connectivity index (χ1) is 7.15. The number of nitrogen functional groups attached to an aromatic ring is 1. The van der Waals surface area contributed by atoms with E-state index in [0.717, 1.165) is 5.69 Å². The Labute approximate surface area is 85.9 Å². The monoisotopic (exact) mass is 205 g/mol. The summed E-state index contributed by atoms with van der Waals surface area (Å²) < 4.78 is 3.42. The second-order valence-electron chi connectivity index (χ2n) is 3.32. The molecule has 2 heterocycles. The van der Waals surface area contributed by atoms with Gasteiger partial charge in [-0.15, -0.1) is 5.10 Å². The van der Waals surface area contributed by atoms with E-state index >= 15 is 0 Å². The Morgan fingerprint density at radius 3 is 2.87 bits per heavy atom. The Morgan fingerprint density at radius 1 is 1.47 bits per heavy atom. The van der Waals surface area contributed by atoms with Crippen molar-refractivity contribution in [2.75, 3.05) is 5.73 Å². The summed E-state index contributed by atoms with van der Waals surface area (Å²) in [4.78, 5) is 11.1. The van der Waals surface area contributed by atoms with Crippen LogP contribution in [-0.4, -0.2) is 19.6 Å². The molecule has 0 aromatic carbocycles. The van der Waals surface area contributed by atoms with E-state index in [0.29, 0.717) is 6.54 Å². The molecule has 2 rings (SSSR count). The van der Waals surface area contributed by atoms with E-state index in [1.165, 1.54) is 6.07 Å². The van der Waals surface area contributed by atoms with E-state index in [4.69, 9.17) is 5.73 Å². The fraction of sp³-hybridized carbons (Fsp3) is 0.222. The Hall–Kier alpha value is -2.11. The highest BCUT2D eigenvalue weighted by atomic mass is 16.1. The van der Waals surface area contributed by atoms with Gasteiger partial charge in [-0.1, -0.05) is 5.21 Å². The first-order valence-corrected chi connectivity index (χ1v) is 4.46. The first-order valence-electron chi connectivity index (χ1n) is 4.46. The van der Waals surface area contributed by atoms with Gasteiger partial charge < -0.3 is 10.3 Å².